The van der Waals surface area contributed by atoms with E-state index < -0.39 is 5.97 Å². The molecule has 0 bridgehead atoms. The van der Waals surface area contributed by atoms with E-state index in [0.29, 0.717) is 23.2 Å². The van der Waals surface area contributed by atoms with Crippen LogP contribution in [0.25, 0.3) is 0 Å². The van der Waals surface area contributed by atoms with E-state index in [2.05, 4.69) is 6.92 Å². The number of carbonyl (C=O) groups is 2. The molecule has 0 atom stereocenters. The Bertz CT molecular complexity index is 667. The zero-order chi connectivity index (χ0) is 20.0. The minimum atomic E-state index is -0.646. The zero-order valence-corrected chi connectivity index (χ0v) is 16.7. The van der Waals surface area contributed by atoms with Crippen LogP contribution in [-0.4, -0.2) is 57.8 Å². The Balaban J connectivity index is 2.01. The van der Waals surface area contributed by atoms with Crippen molar-refractivity contribution < 1.29 is 28.5 Å². The van der Waals surface area contributed by atoms with Crippen LogP contribution in [0.4, 0.5) is 0 Å². The van der Waals surface area contributed by atoms with Crippen LogP contribution < -0.4 is 14.2 Å². The van der Waals surface area contributed by atoms with Crippen LogP contribution in [0.2, 0.25) is 0 Å². The molecule has 1 saturated carbocycles. The average molecular weight is 379 g/mol. The van der Waals surface area contributed by atoms with Crippen LogP contribution in [0.15, 0.2) is 12.1 Å². The number of rotatable bonds is 7. The van der Waals surface area contributed by atoms with Crippen LogP contribution in [0.1, 0.15) is 43.0 Å². The van der Waals surface area contributed by atoms with Gasteiger partial charge in [0.25, 0.3) is 5.91 Å². The Hall–Kier alpha value is -2.44. The van der Waals surface area contributed by atoms with Gasteiger partial charge in [0.15, 0.2) is 18.1 Å². The van der Waals surface area contributed by atoms with Crippen LogP contribution in [-0.2, 0) is 9.53 Å². The Morgan fingerprint density at radius 3 is 2.07 bits per heavy atom. The summed E-state index contributed by atoms with van der Waals surface area (Å²) in [5.74, 6) is 0.965. The molecule has 0 saturated heterocycles. The Morgan fingerprint density at radius 1 is 0.963 bits per heavy atom. The molecular formula is C20H29NO6. The van der Waals surface area contributed by atoms with Crippen molar-refractivity contribution in [2.24, 2.45) is 5.92 Å². The quantitative estimate of drug-likeness (QED) is 0.678. The van der Waals surface area contributed by atoms with Crippen molar-refractivity contribution in [3.63, 3.8) is 0 Å². The molecule has 0 aromatic heterocycles. The number of likely N-dealkylation sites (N-methyl/N-ethyl adjacent to an activating group) is 1. The first kappa shape index (κ1) is 20.9. The molecule has 1 fully saturated rings. The number of carbonyl (C=O) groups excluding carboxylic acids is 2. The second-order valence-corrected chi connectivity index (χ2v) is 6.90. The third-order valence-electron chi connectivity index (χ3n) is 5.18. The third kappa shape index (κ3) is 5.05. The van der Waals surface area contributed by atoms with E-state index in [1.165, 1.54) is 27.4 Å². The van der Waals surface area contributed by atoms with Crippen molar-refractivity contribution >= 4 is 11.9 Å². The fourth-order valence-electron chi connectivity index (χ4n) is 3.33. The van der Waals surface area contributed by atoms with Crippen molar-refractivity contribution in [2.45, 2.75) is 38.6 Å². The van der Waals surface area contributed by atoms with Crippen molar-refractivity contribution in [2.75, 3.05) is 35.0 Å². The fraction of sp³-hybridized carbons (Fsp3) is 0.600. The van der Waals surface area contributed by atoms with Gasteiger partial charge >= 0.3 is 5.97 Å². The van der Waals surface area contributed by atoms with Gasteiger partial charge in [0.2, 0.25) is 0 Å². The second-order valence-electron chi connectivity index (χ2n) is 6.90. The summed E-state index contributed by atoms with van der Waals surface area (Å²) < 4.78 is 20.9. The van der Waals surface area contributed by atoms with Gasteiger partial charge in [0, 0.05) is 25.2 Å². The van der Waals surface area contributed by atoms with Gasteiger partial charge in [-0.05, 0) is 31.6 Å². The molecule has 1 aliphatic carbocycles. The SMILES string of the molecule is COc1cc(OC)c(C(=O)OCC(=O)N(C)C2CCC(C)CC2)cc1OC. The van der Waals surface area contributed by atoms with E-state index >= 15 is 0 Å². The molecule has 0 aliphatic heterocycles. The van der Waals surface area contributed by atoms with Crippen molar-refractivity contribution in [3.05, 3.63) is 17.7 Å². The average Bonchev–Trinajstić information content (AvgIpc) is 2.70. The van der Waals surface area contributed by atoms with E-state index in [1.807, 2.05) is 0 Å². The molecule has 0 radical (unpaired) electrons. The smallest absolute Gasteiger partial charge is 0.342 e. The molecule has 7 heteroatoms. The van der Waals surface area contributed by atoms with Gasteiger partial charge in [0.05, 0.1) is 21.3 Å². The molecule has 7 nitrogen and oxygen atoms in total. The van der Waals surface area contributed by atoms with E-state index in [1.54, 1.807) is 18.0 Å². The lowest BCUT2D eigenvalue weighted by Gasteiger charge is -2.33. The number of benzene rings is 1. The summed E-state index contributed by atoms with van der Waals surface area (Å²) in [7, 11) is 6.19. The second kappa shape index (κ2) is 9.48. The highest BCUT2D eigenvalue weighted by molar-refractivity contribution is 5.95. The van der Waals surface area contributed by atoms with Crippen LogP contribution in [0, 0.1) is 5.92 Å². The van der Waals surface area contributed by atoms with Crippen LogP contribution >= 0.6 is 0 Å². The van der Waals surface area contributed by atoms with Crippen LogP contribution in [0.5, 0.6) is 17.2 Å². The van der Waals surface area contributed by atoms with Gasteiger partial charge in [-0.1, -0.05) is 6.92 Å². The summed E-state index contributed by atoms with van der Waals surface area (Å²) in [6.45, 7) is 1.93. The minimum absolute atomic E-state index is 0.178. The highest BCUT2D eigenvalue weighted by Crippen LogP contribution is 2.35. The summed E-state index contributed by atoms with van der Waals surface area (Å²) >= 11 is 0. The van der Waals surface area contributed by atoms with Gasteiger partial charge in [-0.2, -0.15) is 0 Å². The number of methoxy groups -OCH3 is 3. The first-order valence-electron chi connectivity index (χ1n) is 9.14. The number of hydrogen-bond acceptors (Lipinski definition) is 6. The number of hydrogen-bond donors (Lipinski definition) is 0. The highest BCUT2D eigenvalue weighted by Gasteiger charge is 2.26. The molecular weight excluding hydrogens is 350 g/mol. The fourth-order valence-corrected chi connectivity index (χ4v) is 3.33. The number of esters is 1. The van der Waals surface area contributed by atoms with E-state index in [9.17, 15) is 9.59 Å². The van der Waals surface area contributed by atoms with E-state index in [4.69, 9.17) is 18.9 Å². The molecule has 0 spiro atoms. The van der Waals surface area contributed by atoms with Gasteiger partial charge < -0.3 is 23.8 Å². The lowest BCUT2D eigenvalue weighted by atomic mass is 9.87. The van der Waals surface area contributed by atoms with E-state index in [-0.39, 0.29) is 24.1 Å². The van der Waals surface area contributed by atoms with Crippen molar-refractivity contribution in [1.82, 2.24) is 4.90 Å². The van der Waals surface area contributed by atoms with Gasteiger partial charge in [-0.15, -0.1) is 0 Å². The monoisotopic (exact) mass is 379 g/mol. The Kier molecular flexibility index (Phi) is 7.33. The zero-order valence-electron chi connectivity index (χ0n) is 16.7. The molecule has 27 heavy (non-hydrogen) atoms. The van der Waals surface area contributed by atoms with Gasteiger partial charge in [-0.3, -0.25) is 4.79 Å². The molecule has 2 rings (SSSR count). The van der Waals surface area contributed by atoms with Crippen LogP contribution in [0.3, 0.4) is 0 Å². The van der Waals surface area contributed by atoms with Crippen molar-refractivity contribution in [3.8, 4) is 17.2 Å². The Morgan fingerprint density at radius 2 is 1.52 bits per heavy atom. The molecule has 0 heterocycles. The summed E-state index contributed by atoms with van der Waals surface area (Å²) in [6, 6.07) is 3.24. The first-order valence-corrected chi connectivity index (χ1v) is 9.14. The topological polar surface area (TPSA) is 74.3 Å². The molecule has 1 aromatic carbocycles. The van der Waals surface area contributed by atoms with Gasteiger partial charge in [0.1, 0.15) is 11.3 Å². The molecule has 1 aromatic rings. The maximum absolute atomic E-state index is 12.5. The Labute approximate surface area is 160 Å². The lowest BCUT2D eigenvalue weighted by Crippen LogP contribution is -2.41. The normalized spacial score (nSPS) is 19.1. The number of ether oxygens (including phenoxy) is 4. The summed E-state index contributed by atoms with van der Waals surface area (Å²) in [4.78, 5) is 26.6. The summed E-state index contributed by atoms with van der Waals surface area (Å²) in [5, 5.41) is 0. The number of nitrogens with zero attached hydrogens (tertiary/aromatic N) is 1. The van der Waals surface area contributed by atoms with Gasteiger partial charge in [-0.25, -0.2) is 4.79 Å². The summed E-state index contributed by atoms with van der Waals surface area (Å²) in [5.41, 5.74) is 0.178. The van der Waals surface area contributed by atoms with E-state index in [0.717, 1.165) is 25.7 Å². The predicted molar refractivity (Wildman–Crippen MR) is 101 cm³/mol. The standard InChI is InChI=1S/C20H29NO6/c1-13-6-8-14(9-7-13)21(2)19(22)12-27-20(23)15-10-17(25-4)18(26-5)11-16(15)24-3/h10-11,13-14H,6-9,12H2,1-5H3. The maximum Gasteiger partial charge on any atom is 0.342 e. The minimum Gasteiger partial charge on any atom is -0.496 e. The molecule has 1 aliphatic rings. The highest BCUT2D eigenvalue weighted by atomic mass is 16.5. The first-order chi connectivity index (χ1) is 12.9. The molecule has 0 unspecified atom stereocenters. The third-order valence-corrected chi connectivity index (χ3v) is 5.18. The lowest BCUT2D eigenvalue weighted by molar-refractivity contribution is -0.136. The predicted octanol–water partition coefficient (Wildman–Crippen LogP) is 2.91. The molecule has 1 amide bonds. The number of amides is 1. The molecule has 0 N–H and O–H groups in total. The molecule has 150 valence electrons. The largest absolute Gasteiger partial charge is 0.496 e. The van der Waals surface area contributed by atoms with Crippen molar-refractivity contribution in [1.29, 1.82) is 0 Å². The maximum atomic E-state index is 12.5. The summed E-state index contributed by atoms with van der Waals surface area (Å²) in [6.07, 6.45) is 4.21.